The molecule has 0 saturated carbocycles. The van der Waals surface area contributed by atoms with Gasteiger partial charge in [-0.15, -0.1) is 0 Å². The van der Waals surface area contributed by atoms with Gasteiger partial charge in [-0.25, -0.2) is 0 Å². The number of aryl methyl sites for hydroxylation is 1. The summed E-state index contributed by atoms with van der Waals surface area (Å²) < 4.78 is 0. The SMILES string of the molecule is Cc1ccc(CCNC(=O)C(C)CCN)cc1. The molecule has 0 spiro atoms. The van der Waals surface area contributed by atoms with Gasteiger partial charge in [-0.1, -0.05) is 36.8 Å². The van der Waals surface area contributed by atoms with E-state index in [1.807, 2.05) is 6.92 Å². The normalized spacial score (nSPS) is 12.2. The highest BCUT2D eigenvalue weighted by atomic mass is 16.1. The van der Waals surface area contributed by atoms with Crippen molar-refractivity contribution in [3.8, 4) is 0 Å². The number of benzene rings is 1. The summed E-state index contributed by atoms with van der Waals surface area (Å²) in [6.45, 7) is 5.23. The van der Waals surface area contributed by atoms with Crippen molar-refractivity contribution in [2.45, 2.75) is 26.7 Å². The topological polar surface area (TPSA) is 55.1 Å². The average Bonchev–Trinajstić information content (AvgIpc) is 2.32. The van der Waals surface area contributed by atoms with Crippen molar-refractivity contribution in [1.29, 1.82) is 0 Å². The molecular weight excluding hydrogens is 212 g/mol. The van der Waals surface area contributed by atoms with Crippen LogP contribution in [0.4, 0.5) is 0 Å². The molecule has 0 radical (unpaired) electrons. The Bertz CT molecular complexity index is 346. The first kappa shape index (κ1) is 13.7. The van der Waals surface area contributed by atoms with Gasteiger partial charge in [0.05, 0.1) is 0 Å². The van der Waals surface area contributed by atoms with Crippen molar-refractivity contribution in [3.63, 3.8) is 0 Å². The fraction of sp³-hybridized carbons (Fsp3) is 0.500. The minimum atomic E-state index is 0.0121. The van der Waals surface area contributed by atoms with Crippen LogP contribution in [0.1, 0.15) is 24.5 Å². The van der Waals surface area contributed by atoms with E-state index in [0.29, 0.717) is 13.1 Å². The Hall–Kier alpha value is -1.35. The zero-order valence-electron chi connectivity index (χ0n) is 10.7. The quantitative estimate of drug-likeness (QED) is 0.786. The van der Waals surface area contributed by atoms with Gasteiger partial charge in [-0.2, -0.15) is 0 Å². The summed E-state index contributed by atoms with van der Waals surface area (Å²) >= 11 is 0. The van der Waals surface area contributed by atoms with Gasteiger partial charge in [0.25, 0.3) is 0 Å². The van der Waals surface area contributed by atoms with Gasteiger partial charge in [0, 0.05) is 12.5 Å². The Balaban J connectivity index is 2.28. The van der Waals surface area contributed by atoms with E-state index >= 15 is 0 Å². The lowest BCUT2D eigenvalue weighted by molar-refractivity contribution is -0.124. The molecule has 0 heterocycles. The second-order valence-electron chi connectivity index (χ2n) is 4.51. The highest BCUT2D eigenvalue weighted by Gasteiger charge is 2.10. The van der Waals surface area contributed by atoms with Gasteiger partial charge in [0.15, 0.2) is 0 Å². The Morgan fingerprint density at radius 2 is 2.00 bits per heavy atom. The van der Waals surface area contributed by atoms with Crippen LogP contribution in [0, 0.1) is 12.8 Å². The van der Waals surface area contributed by atoms with Crippen molar-refractivity contribution in [1.82, 2.24) is 5.32 Å². The third-order valence-corrected chi connectivity index (χ3v) is 2.88. The lowest BCUT2D eigenvalue weighted by Gasteiger charge is -2.11. The van der Waals surface area contributed by atoms with Crippen LogP contribution in [0.3, 0.4) is 0 Å². The standard InChI is InChI=1S/C14H22N2O/c1-11-3-5-13(6-4-11)8-10-16-14(17)12(2)7-9-15/h3-6,12H,7-10,15H2,1-2H3,(H,16,17). The van der Waals surface area contributed by atoms with Gasteiger partial charge < -0.3 is 11.1 Å². The number of rotatable bonds is 6. The fourth-order valence-corrected chi connectivity index (χ4v) is 1.64. The predicted molar refractivity (Wildman–Crippen MR) is 70.7 cm³/mol. The van der Waals surface area contributed by atoms with Gasteiger partial charge in [0.2, 0.25) is 5.91 Å². The van der Waals surface area contributed by atoms with Crippen molar-refractivity contribution in [3.05, 3.63) is 35.4 Å². The average molecular weight is 234 g/mol. The summed E-state index contributed by atoms with van der Waals surface area (Å²) in [4.78, 5) is 11.6. The molecule has 1 unspecified atom stereocenters. The van der Waals surface area contributed by atoms with E-state index in [9.17, 15) is 4.79 Å². The molecule has 0 bridgehead atoms. The molecule has 3 nitrogen and oxygen atoms in total. The van der Waals surface area contributed by atoms with Crippen LogP contribution >= 0.6 is 0 Å². The molecule has 3 heteroatoms. The maximum atomic E-state index is 11.6. The van der Waals surface area contributed by atoms with E-state index in [2.05, 4.69) is 36.5 Å². The van der Waals surface area contributed by atoms with Crippen LogP contribution in [0.25, 0.3) is 0 Å². The van der Waals surface area contributed by atoms with Crippen LogP contribution < -0.4 is 11.1 Å². The van der Waals surface area contributed by atoms with E-state index in [4.69, 9.17) is 5.73 Å². The molecule has 1 aromatic carbocycles. The number of nitrogens with two attached hydrogens (primary N) is 1. The molecule has 0 aliphatic rings. The van der Waals surface area contributed by atoms with Gasteiger partial charge in [-0.3, -0.25) is 4.79 Å². The number of nitrogens with one attached hydrogen (secondary N) is 1. The van der Waals surface area contributed by atoms with Crippen molar-refractivity contribution in [2.75, 3.05) is 13.1 Å². The molecule has 1 atom stereocenters. The summed E-state index contributed by atoms with van der Waals surface area (Å²) in [6.07, 6.45) is 1.62. The van der Waals surface area contributed by atoms with Crippen molar-refractivity contribution in [2.24, 2.45) is 11.7 Å². The van der Waals surface area contributed by atoms with Crippen LogP contribution in [-0.4, -0.2) is 19.0 Å². The van der Waals surface area contributed by atoms with E-state index in [1.54, 1.807) is 0 Å². The summed E-state index contributed by atoms with van der Waals surface area (Å²) in [5.74, 6) is 0.112. The first-order valence-electron chi connectivity index (χ1n) is 6.17. The zero-order chi connectivity index (χ0) is 12.7. The number of amides is 1. The highest BCUT2D eigenvalue weighted by Crippen LogP contribution is 2.04. The molecule has 1 amide bonds. The van der Waals surface area contributed by atoms with Crippen molar-refractivity contribution >= 4 is 5.91 Å². The summed E-state index contributed by atoms with van der Waals surface area (Å²) in [7, 11) is 0. The van der Waals surface area contributed by atoms with E-state index in [0.717, 1.165) is 12.8 Å². The van der Waals surface area contributed by atoms with Crippen LogP contribution in [0.15, 0.2) is 24.3 Å². The van der Waals surface area contributed by atoms with Crippen LogP contribution in [-0.2, 0) is 11.2 Å². The maximum Gasteiger partial charge on any atom is 0.222 e. The summed E-state index contributed by atoms with van der Waals surface area (Å²) in [5.41, 5.74) is 7.93. The Morgan fingerprint density at radius 3 is 2.59 bits per heavy atom. The first-order chi connectivity index (χ1) is 8.13. The minimum absolute atomic E-state index is 0.0121. The van der Waals surface area contributed by atoms with Crippen LogP contribution in [0.2, 0.25) is 0 Å². The Morgan fingerprint density at radius 1 is 1.35 bits per heavy atom. The molecule has 3 N–H and O–H groups in total. The first-order valence-corrected chi connectivity index (χ1v) is 6.17. The number of hydrogen-bond acceptors (Lipinski definition) is 2. The van der Waals surface area contributed by atoms with E-state index < -0.39 is 0 Å². The molecule has 0 aromatic heterocycles. The van der Waals surface area contributed by atoms with E-state index in [-0.39, 0.29) is 11.8 Å². The Kier molecular flexibility index (Phi) is 5.70. The molecule has 0 fully saturated rings. The molecule has 0 saturated heterocycles. The molecule has 94 valence electrons. The second kappa shape index (κ2) is 7.07. The van der Waals surface area contributed by atoms with Crippen molar-refractivity contribution < 1.29 is 4.79 Å². The number of carbonyl (C=O) groups excluding carboxylic acids is 1. The number of carbonyl (C=O) groups is 1. The fourth-order valence-electron chi connectivity index (χ4n) is 1.64. The lowest BCUT2D eigenvalue weighted by Crippen LogP contribution is -2.31. The van der Waals surface area contributed by atoms with E-state index in [1.165, 1.54) is 11.1 Å². The third-order valence-electron chi connectivity index (χ3n) is 2.88. The molecule has 0 aliphatic heterocycles. The molecule has 0 aliphatic carbocycles. The molecule has 1 rings (SSSR count). The maximum absolute atomic E-state index is 11.6. The summed E-state index contributed by atoms with van der Waals surface area (Å²) in [5, 5.41) is 2.94. The minimum Gasteiger partial charge on any atom is -0.356 e. The van der Waals surface area contributed by atoms with Gasteiger partial charge >= 0.3 is 0 Å². The highest BCUT2D eigenvalue weighted by molar-refractivity contribution is 5.78. The molecule has 17 heavy (non-hydrogen) atoms. The van der Waals surface area contributed by atoms with Crippen LogP contribution in [0.5, 0.6) is 0 Å². The molecule has 1 aromatic rings. The second-order valence-corrected chi connectivity index (χ2v) is 4.51. The van der Waals surface area contributed by atoms with Gasteiger partial charge in [-0.05, 0) is 31.9 Å². The third kappa shape index (κ3) is 5.00. The zero-order valence-corrected chi connectivity index (χ0v) is 10.7. The summed E-state index contributed by atoms with van der Waals surface area (Å²) in [6, 6.07) is 8.39. The smallest absolute Gasteiger partial charge is 0.222 e. The molecular formula is C14H22N2O. The lowest BCUT2D eigenvalue weighted by atomic mass is 10.1. The number of hydrogen-bond donors (Lipinski definition) is 2. The largest absolute Gasteiger partial charge is 0.356 e. The Labute approximate surface area is 103 Å². The van der Waals surface area contributed by atoms with Gasteiger partial charge in [0.1, 0.15) is 0 Å². The monoisotopic (exact) mass is 234 g/mol. The predicted octanol–water partition coefficient (Wildman–Crippen LogP) is 1.64.